The average molecular weight is 348 g/mol. The molecule has 0 aliphatic heterocycles. The van der Waals surface area contributed by atoms with Gasteiger partial charge in [0.2, 0.25) is 5.91 Å². The van der Waals surface area contributed by atoms with Gasteiger partial charge in [-0.1, -0.05) is 61.4 Å². The van der Waals surface area contributed by atoms with Crippen molar-refractivity contribution in [3.05, 3.63) is 71.4 Å². The van der Waals surface area contributed by atoms with E-state index in [2.05, 4.69) is 74.4 Å². The normalized spacial score (nSPS) is 12.3. The Morgan fingerprint density at radius 1 is 1.08 bits per heavy atom. The zero-order valence-electron chi connectivity index (χ0n) is 16.0. The van der Waals surface area contributed by atoms with E-state index < -0.39 is 0 Å². The number of hydrogen-bond acceptors (Lipinski definition) is 1. The van der Waals surface area contributed by atoms with Crippen molar-refractivity contribution in [1.82, 2.24) is 9.88 Å². The lowest BCUT2D eigenvalue weighted by molar-refractivity contribution is -0.132. The number of hydrogen-bond donors (Lipinski definition) is 1. The van der Waals surface area contributed by atoms with E-state index in [-0.39, 0.29) is 11.9 Å². The van der Waals surface area contributed by atoms with Crippen LogP contribution in [0, 0.1) is 6.92 Å². The van der Waals surface area contributed by atoms with E-state index in [1.807, 2.05) is 11.0 Å². The van der Waals surface area contributed by atoms with Crippen LogP contribution in [0.4, 0.5) is 0 Å². The molecule has 136 valence electrons. The Morgan fingerprint density at radius 3 is 2.50 bits per heavy atom. The predicted octanol–water partition coefficient (Wildman–Crippen LogP) is 5.60. The van der Waals surface area contributed by atoms with E-state index in [1.165, 1.54) is 10.9 Å². The molecule has 1 atom stereocenters. The molecule has 2 aromatic carbocycles. The molecule has 3 aromatic rings. The van der Waals surface area contributed by atoms with Crippen LogP contribution in [0.5, 0.6) is 0 Å². The SMILES string of the molecule is CCCCC(=O)N(CC)[C@@H](c1ccc(C)cc1)c1c[nH]c2ccccc12. The van der Waals surface area contributed by atoms with Crippen LogP contribution in [0.3, 0.4) is 0 Å². The van der Waals surface area contributed by atoms with Gasteiger partial charge >= 0.3 is 0 Å². The Kier molecular flexibility index (Phi) is 5.77. The Labute approximate surface area is 156 Å². The van der Waals surface area contributed by atoms with Gasteiger partial charge in [-0.25, -0.2) is 0 Å². The van der Waals surface area contributed by atoms with Gasteiger partial charge in [0.1, 0.15) is 0 Å². The number of nitrogens with zero attached hydrogens (tertiary/aromatic N) is 1. The van der Waals surface area contributed by atoms with Crippen molar-refractivity contribution in [3.63, 3.8) is 0 Å². The summed E-state index contributed by atoms with van der Waals surface area (Å²) >= 11 is 0. The highest BCUT2D eigenvalue weighted by molar-refractivity contribution is 5.85. The Hall–Kier alpha value is -2.55. The summed E-state index contributed by atoms with van der Waals surface area (Å²) in [6.07, 6.45) is 4.63. The van der Waals surface area contributed by atoms with E-state index in [9.17, 15) is 4.79 Å². The summed E-state index contributed by atoms with van der Waals surface area (Å²) in [7, 11) is 0. The molecule has 0 spiro atoms. The first-order chi connectivity index (χ1) is 12.7. The van der Waals surface area contributed by atoms with Gasteiger partial charge in [0.25, 0.3) is 0 Å². The maximum Gasteiger partial charge on any atom is 0.223 e. The Bertz CT molecular complexity index is 863. The van der Waals surface area contributed by atoms with Crippen LogP contribution >= 0.6 is 0 Å². The lowest BCUT2D eigenvalue weighted by atomic mass is 9.95. The molecule has 0 bridgehead atoms. The Morgan fingerprint density at radius 2 is 1.81 bits per heavy atom. The lowest BCUT2D eigenvalue weighted by Crippen LogP contribution is -2.35. The van der Waals surface area contributed by atoms with Crippen molar-refractivity contribution < 1.29 is 4.79 Å². The first-order valence-electron chi connectivity index (χ1n) is 9.57. The van der Waals surface area contributed by atoms with Crippen LogP contribution in [0.15, 0.2) is 54.7 Å². The molecule has 1 aromatic heterocycles. The molecule has 0 saturated heterocycles. The topological polar surface area (TPSA) is 36.1 Å². The second kappa shape index (κ2) is 8.22. The molecule has 0 radical (unpaired) electrons. The molecule has 3 heteroatoms. The number of aromatic nitrogens is 1. The highest BCUT2D eigenvalue weighted by atomic mass is 16.2. The number of rotatable bonds is 7. The second-order valence-electron chi connectivity index (χ2n) is 6.89. The zero-order valence-corrected chi connectivity index (χ0v) is 16.0. The zero-order chi connectivity index (χ0) is 18.5. The van der Waals surface area contributed by atoms with Gasteiger partial charge in [-0.2, -0.15) is 0 Å². The molecule has 1 amide bonds. The number of amides is 1. The molecular formula is C23H28N2O. The number of carbonyl (C=O) groups excluding carboxylic acids is 1. The van der Waals surface area contributed by atoms with Gasteiger partial charge in [-0.05, 0) is 31.9 Å². The molecule has 3 rings (SSSR count). The quantitative estimate of drug-likeness (QED) is 0.592. The molecule has 0 fully saturated rings. The number of para-hydroxylation sites is 1. The van der Waals surface area contributed by atoms with Crippen LogP contribution in [-0.2, 0) is 4.79 Å². The highest BCUT2D eigenvalue weighted by Gasteiger charge is 2.27. The van der Waals surface area contributed by atoms with Crippen LogP contribution in [-0.4, -0.2) is 22.3 Å². The number of aromatic amines is 1. The van der Waals surface area contributed by atoms with Crippen molar-refractivity contribution >= 4 is 16.8 Å². The molecule has 0 saturated carbocycles. The van der Waals surface area contributed by atoms with Gasteiger partial charge in [-0.15, -0.1) is 0 Å². The van der Waals surface area contributed by atoms with E-state index in [1.54, 1.807) is 0 Å². The van der Waals surface area contributed by atoms with Crippen LogP contribution in [0.1, 0.15) is 55.8 Å². The number of aryl methyl sites for hydroxylation is 1. The molecule has 0 aliphatic rings. The summed E-state index contributed by atoms with van der Waals surface area (Å²) < 4.78 is 0. The summed E-state index contributed by atoms with van der Waals surface area (Å²) in [6, 6.07) is 16.8. The lowest BCUT2D eigenvalue weighted by Gasteiger charge is -2.31. The van der Waals surface area contributed by atoms with Crippen molar-refractivity contribution in [2.45, 2.75) is 46.1 Å². The van der Waals surface area contributed by atoms with Crippen LogP contribution in [0.25, 0.3) is 10.9 Å². The molecule has 26 heavy (non-hydrogen) atoms. The number of carbonyl (C=O) groups is 1. The number of unbranched alkanes of at least 4 members (excludes halogenated alkanes) is 1. The summed E-state index contributed by atoms with van der Waals surface area (Å²) in [5.41, 5.74) is 4.66. The maximum atomic E-state index is 13.0. The van der Waals surface area contributed by atoms with Crippen LogP contribution in [0.2, 0.25) is 0 Å². The maximum absolute atomic E-state index is 13.0. The fraction of sp³-hybridized carbons (Fsp3) is 0.348. The van der Waals surface area contributed by atoms with E-state index in [4.69, 9.17) is 0 Å². The van der Waals surface area contributed by atoms with Gasteiger partial charge < -0.3 is 9.88 Å². The summed E-state index contributed by atoms with van der Waals surface area (Å²) in [4.78, 5) is 18.4. The third-order valence-electron chi connectivity index (χ3n) is 5.03. The molecule has 3 nitrogen and oxygen atoms in total. The number of H-pyrrole nitrogens is 1. The van der Waals surface area contributed by atoms with E-state index in [0.29, 0.717) is 13.0 Å². The fourth-order valence-corrected chi connectivity index (χ4v) is 3.57. The molecular weight excluding hydrogens is 320 g/mol. The minimum atomic E-state index is -0.0684. The molecule has 0 aliphatic carbocycles. The Balaban J connectivity index is 2.09. The monoisotopic (exact) mass is 348 g/mol. The van der Waals surface area contributed by atoms with Gasteiger partial charge in [-0.3, -0.25) is 4.79 Å². The van der Waals surface area contributed by atoms with Crippen LogP contribution < -0.4 is 0 Å². The first-order valence-corrected chi connectivity index (χ1v) is 9.57. The molecule has 1 N–H and O–H groups in total. The third kappa shape index (κ3) is 3.67. The fourth-order valence-electron chi connectivity index (χ4n) is 3.57. The van der Waals surface area contributed by atoms with Crippen molar-refractivity contribution in [1.29, 1.82) is 0 Å². The first kappa shape index (κ1) is 18.2. The summed E-state index contributed by atoms with van der Waals surface area (Å²) in [6.45, 7) is 6.98. The number of benzene rings is 2. The van der Waals surface area contributed by atoms with Crippen molar-refractivity contribution in [2.75, 3.05) is 6.54 Å². The van der Waals surface area contributed by atoms with Gasteiger partial charge in [0.15, 0.2) is 0 Å². The van der Waals surface area contributed by atoms with Crippen molar-refractivity contribution in [2.24, 2.45) is 0 Å². The van der Waals surface area contributed by atoms with E-state index in [0.717, 1.165) is 29.5 Å². The van der Waals surface area contributed by atoms with Crippen molar-refractivity contribution in [3.8, 4) is 0 Å². The molecule has 0 unspecified atom stereocenters. The minimum absolute atomic E-state index is 0.0684. The van der Waals surface area contributed by atoms with Gasteiger partial charge in [0.05, 0.1) is 6.04 Å². The predicted molar refractivity (Wildman–Crippen MR) is 108 cm³/mol. The molecule has 1 heterocycles. The minimum Gasteiger partial charge on any atom is -0.361 e. The number of fused-ring (bicyclic) bond motifs is 1. The largest absolute Gasteiger partial charge is 0.361 e. The highest BCUT2D eigenvalue weighted by Crippen LogP contribution is 2.34. The standard InChI is InChI=1S/C23H28N2O/c1-4-6-11-22(26)25(5-2)23(18-14-12-17(3)13-15-18)20-16-24-21-10-8-7-9-19(20)21/h7-10,12-16,23-24H,4-6,11H2,1-3H3/t23-/m0/s1. The number of nitrogens with one attached hydrogen (secondary N) is 1. The summed E-state index contributed by atoms with van der Waals surface area (Å²) in [5, 5.41) is 1.18. The second-order valence-corrected chi connectivity index (χ2v) is 6.89. The van der Waals surface area contributed by atoms with E-state index >= 15 is 0 Å². The summed E-state index contributed by atoms with van der Waals surface area (Å²) in [5.74, 6) is 0.227. The van der Waals surface area contributed by atoms with Gasteiger partial charge in [0, 0.05) is 35.6 Å². The third-order valence-corrected chi connectivity index (χ3v) is 5.03. The average Bonchev–Trinajstić information content (AvgIpc) is 3.09. The smallest absolute Gasteiger partial charge is 0.223 e.